The zero-order chi connectivity index (χ0) is 12.3. The third-order valence-corrected chi connectivity index (χ3v) is 2.67. The summed E-state index contributed by atoms with van der Waals surface area (Å²) < 4.78 is 41.5. The standard InChI is InChI=1S/C10H13F2NO2S/c1-16(2,15)13-5-7-3-9(11)8(6-14)10(12)4-7/h3-4,14H,5-6H2,1-2H3. The molecule has 0 fully saturated rings. The van der Waals surface area contributed by atoms with Gasteiger partial charge in [0.2, 0.25) is 0 Å². The van der Waals surface area contributed by atoms with Crippen LogP contribution in [-0.4, -0.2) is 21.8 Å². The molecule has 0 heterocycles. The van der Waals surface area contributed by atoms with Crippen molar-refractivity contribution < 1.29 is 18.1 Å². The van der Waals surface area contributed by atoms with Gasteiger partial charge in [0.25, 0.3) is 0 Å². The van der Waals surface area contributed by atoms with Gasteiger partial charge in [-0.3, -0.25) is 4.21 Å². The highest BCUT2D eigenvalue weighted by molar-refractivity contribution is 7.92. The van der Waals surface area contributed by atoms with E-state index in [-0.39, 0.29) is 12.1 Å². The largest absolute Gasteiger partial charge is 0.391 e. The Morgan fingerprint density at radius 3 is 2.19 bits per heavy atom. The minimum atomic E-state index is -2.28. The molecule has 0 atom stereocenters. The van der Waals surface area contributed by atoms with Crippen LogP contribution in [0.5, 0.6) is 0 Å². The van der Waals surface area contributed by atoms with Crippen molar-refractivity contribution in [2.24, 2.45) is 4.36 Å². The van der Waals surface area contributed by atoms with E-state index in [0.29, 0.717) is 5.56 Å². The van der Waals surface area contributed by atoms with Crippen molar-refractivity contribution in [1.82, 2.24) is 0 Å². The van der Waals surface area contributed by atoms with Gasteiger partial charge in [0.05, 0.1) is 13.2 Å². The van der Waals surface area contributed by atoms with Gasteiger partial charge in [-0.05, 0) is 17.7 Å². The third-order valence-electron chi connectivity index (χ3n) is 1.92. The molecule has 0 amide bonds. The Morgan fingerprint density at radius 1 is 1.31 bits per heavy atom. The van der Waals surface area contributed by atoms with E-state index >= 15 is 0 Å². The summed E-state index contributed by atoms with van der Waals surface area (Å²) in [6.07, 6.45) is 2.89. The van der Waals surface area contributed by atoms with E-state index in [2.05, 4.69) is 4.36 Å². The smallest absolute Gasteiger partial charge is 0.131 e. The molecule has 0 aliphatic carbocycles. The van der Waals surface area contributed by atoms with Crippen LogP contribution < -0.4 is 0 Å². The summed E-state index contributed by atoms with van der Waals surface area (Å²) in [5.41, 5.74) is -0.0684. The van der Waals surface area contributed by atoms with Crippen molar-refractivity contribution in [3.05, 3.63) is 34.9 Å². The van der Waals surface area contributed by atoms with Crippen molar-refractivity contribution in [2.75, 3.05) is 12.5 Å². The molecule has 1 aromatic rings. The summed E-state index contributed by atoms with van der Waals surface area (Å²) in [5, 5.41) is 8.70. The number of rotatable bonds is 3. The molecule has 0 bridgehead atoms. The van der Waals surface area contributed by atoms with Gasteiger partial charge in [-0.1, -0.05) is 0 Å². The Bertz CT molecular complexity index is 477. The highest BCUT2D eigenvalue weighted by Crippen LogP contribution is 2.16. The number of aliphatic hydroxyl groups is 1. The first-order chi connectivity index (χ1) is 7.33. The van der Waals surface area contributed by atoms with E-state index in [4.69, 9.17) is 5.11 Å². The Morgan fingerprint density at radius 2 is 1.81 bits per heavy atom. The van der Waals surface area contributed by atoms with Crippen molar-refractivity contribution >= 4 is 9.73 Å². The number of aliphatic hydroxyl groups excluding tert-OH is 1. The fourth-order valence-electron chi connectivity index (χ4n) is 1.13. The predicted molar refractivity (Wildman–Crippen MR) is 58.4 cm³/mol. The summed E-state index contributed by atoms with van der Waals surface area (Å²) in [7, 11) is -2.28. The second-order valence-corrected chi connectivity index (χ2v) is 6.29. The molecular formula is C10H13F2NO2S. The van der Waals surface area contributed by atoms with Crippen molar-refractivity contribution in [1.29, 1.82) is 0 Å². The van der Waals surface area contributed by atoms with E-state index in [9.17, 15) is 13.0 Å². The van der Waals surface area contributed by atoms with Crippen molar-refractivity contribution in [3.63, 3.8) is 0 Å². The molecule has 1 N–H and O–H groups in total. The fourth-order valence-corrected chi connectivity index (χ4v) is 1.59. The van der Waals surface area contributed by atoms with Crippen LogP contribution in [0.4, 0.5) is 8.78 Å². The second kappa shape index (κ2) is 4.88. The molecule has 0 aliphatic rings. The van der Waals surface area contributed by atoms with E-state index in [0.717, 1.165) is 12.1 Å². The summed E-state index contributed by atoms with van der Waals surface area (Å²) in [6.45, 7) is -0.696. The lowest BCUT2D eigenvalue weighted by Gasteiger charge is -2.04. The van der Waals surface area contributed by atoms with Crippen LogP contribution >= 0.6 is 0 Å². The minimum absolute atomic E-state index is 0.00855. The van der Waals surface area contributed by atoms with Gasteiger partial charge in [0.1, 0.15) is 11.6 Å². The highest BCUT2D eigenvalue weighted by Gasteiger charge is 2.09. The predicted octanol–water partition coefficient (Wildman–Crippen LogP) is 1.68. The molecule has 1 rings (SSSR count). The molecule has 0 aliphatic heterocycles. The Balaban J connectivity index is 3.06. The maximum atomic E-state index is 13.2. The normalized spacial score (nSPS) is 11.6. The lowest BCUT2D eigenvalue weighted by Crippen LogP contribution is -1.99. The lowest BCUT2D eigenvalue weighted by atomic mass is 10.1. The van der Waals surface area contributed by atoms with Gasteiger partial charge < -0.3 is 5.11 Å². The SMILES string of the molecule is CS(C)(=O)=NCc1cc(F)c(CO)c(F)c1. The summed E-state index contributed by atoms with van der Waals surface area (Å²) >= 11 is 0. The van der Waals surface area contributed by atoms with Gasteiger partial charge in [-0.25, -0.2) is 13.1 Å². The monoisotopic (exact) mass is 249 g/mol. The molecule has 6 heteroatoms. The Hall–Kier alpha value is -1.01. The maximum absolute atomic E-state index is 13.2. The second-order valence-electron chi connectivity index (χ2n) is 3.66. The van der Waals surface area contributed by atoms with E-state index in [1.807, 2.05) is 0 Å². The van der Waals surface area contributed by atoms with Gasteiger partial charge in [-0.2, -0.15) is 0 Å². The van der Waals surface area contributed by atoms with Gasteiger partial charge in [0, 0.05) is 27.8 Å². The molecular weight excluding hydrogens is 236 g/mol. The minimum Gasteiger partial charge on any atom is -0.391 e. The van der Waals surface area contributed by atoms with Gasteiger partial charge in [-0.15, -0.1) is 0 Å². The van der Waals surface area contributed by atoms with E-state index in [1.54, 1.807) is 0 Å². The maximum Gasteiger partial charge on any atom is 0.131 e. The number of halogens is 2. The molecule has 0 aromatic heterocycles. The summed E-state index contributed by atoms with van der Waals surface area (Å²) in [5.74, 6) is -1.63. The summed E-state index contributed by atoms with van der Waals surface area (Å²) in [6, 6.07) is 2.17. The molecule has 0 saturated heterocycles. The highest BCUT2D eigenvalue weighted by atomic mass is 32.2. The topological polar surface area (TPSA) is 49.7 Å². The third kappa shape index (κ3) is 3.53. The van der Waals surface area contributed by atoms with Crippen LogP contribution in [0, 0.1) is 11.6 Å². The quantitative estimate of drug-likeness (QED) is 0.886. The van der Waals surface area contributed by atoms with Crippen LogP contribution in [0.15, 0.2) is 16.5 Å². The average Bonchev–Trinajstić information content (AvgIpc) is 2.13. The first kappa shape index (κ1) is 13.1. The van der Waals surface area contributed by atoms with Gasteiger partial charge >= 0.3 is 0 Å². The lowest BCUT2D eigenvalue weighted by molar-refractivity contribution is 0.268. The van der Waals surface area contributed by atoms with Crippen molar-refractivity contribution in [3.8, 4) is 0 Å². The molecule has 3 nitrogen and oxygen atoms in total. The zero-order valence-corrected chi connectivity index (χ0v) is 9.85. The Kier molecular flexibility index (Phi) is 3.98. The molecule has 0 spiro atoms. The van der Waals surface area contributed by atoms with Crippen molar-refractivity contribution in [2.45, 2.75) is 13.2 Å². The molecule has 90 valence electrons. The number of hydrogen-bond donors (Lipinski definition) is 1. The number of benzene rings is 1. The first-order valence-electron chi connectivity index (χ1n) is 4.54. The van der Waals surface area contributed by atoms with Crippen LogP contribution in [-0.2, 0) is 22.9 Å². The number of nitrogens with zero attached hydrogens (tertiary/aromatic N) is 1. The Labute approximate surface area is 93.3 Å². The van der Waals surface area contributed by atoms with Gasteiger partial charge in [0.15, 0.2) is 0 Å². The van der Waals surface area contributed by atoms with Crippen LogP contribution in [0.1, 0.15) is 11.1 Å². The van der Waals surface area contributed by atoms with Crippen LogP contribution in [0.3, 0.4) is 0 Å². The molecule has 0 radical (unpaired) electrons. The van der Waals surface area contributed by atoms with Crippen LogP contribution in [0.25, 0.3) is 0 Å². The zero-order valence-electron chi connectivity index (χ0n) is 9.04. The summed E-state index contributed by atoms with van der Waals surface area (Å²) in [4.78, 5) is 0. The van der Waals surface area contributed by atoms with E-state index in [1.165, 1.54) is 12.5 Å². The molecule has 1 aromatic carbocycles. The fraction of sp³-hybridized carbons (Fsp3) is 0.400. The van der Waals surface area contributed by atoms with E-state index < -0.39 is 28.0 Å². The molecule has 0 unspecified atom stereocenters. The first-order valence-corrected chi connectivity index (χ1v) is 6.87. The number of hydrogen-bond acceptors (Lipinski definition) is 3. The van der Waals surface area contributed by atoms with Crippen LogP contribution in [0.2, 0.25) is 0 Å². The molecule has 0 saturated carbocycles. The average molecular weight is 249 g/mol. The molecule has 16 heavy (non-hydrogen) atoms.